The first-order valence-electron chi connectivity index (χ1n) is 6.37. The molecule has 0 bridgehead atoms. The molecule has 1 saturated heterocycles. The maximum Gasteiger partial charge on any atom is 0.283 e. The van der Waals surface area contributed by atoms with Crippen LogP contribution in [-0.2, 0) is 11.3 Å². The van der Waals surface area contributed by atoms with Gasteiger partial charge < -0.3 is 4.90 Å². The standard InChI is InChI=1S/C13H16BrN3O3/c1-15-6-3-7-16(9-12(15)18)8-10-4-2-5-11(13(10)14)17(19)20/h2,4-5H,3,6-9H2,1H3. The topological polar surface area (TPSA) is 66.7 Å². The fourth-order valence-electron chi connectivity index (χ4n) is 2.25. The van der Waals surface area contributed by atoms with E-state index in [0.29, 0.717) is 17.6 Å². The lowest BCUT2D eigenvalue weighted by atomic mass is 10.2. The molecule has 7 heteroatoms. The number of nitro benzene ring substituents is 1. The number of likely N-dealkylation sites (N-methyl/N-ethyl adjacent to an activating group) is 1. The number of hydrogen-bond acceptors (Lipinski definition) is 4. The van der Waals surface area contributed by atoms with Crippen molar-refractivity contribution in [3.63, 3.8) is 0 Å². The van der Waals surface area contributed by atoms with Crippen LogP contribution in [0.15, 0.2) is 22.7 Å². The highest BCUT2D eigenvalue weighted by molar-refractivity contribution is 9.10. The first-order chi connectivity index (χ1) is 9.49. The van der Waals surface area contributed by atoms with E-state index in [4.69, 9.17) is 0 Å². The van der Waals surface area contributed by atoms with Crippen molar-refractivity contribution >= 4 is 27.5 Å². The van der Waals surface area contributed by atoms with Crippen molar-refractivity contribution in [2.24, 2.45) is 0 Å². The molecule has 1 aliphatic rings. The lowest BCUT2D eigenvalue weighted by molar-refractivity contribution is -0.385. The molecule has 1 amide bonds. The molecule has 1 aliphatic heterocycles. The molecule has 6 nitrogen and oxygen atoms in total. The zero-order valence-corrected chi connectivity index (χ0v) is 12.8. The predicted molar refractivity (Wildman–Crippen MR) is 78.3 cm³/mol. The Morgan fingerprint density at radius 2 is 2.15 bits per heavy atom. The van der Waals surface area contributed by atoms with Gasteiger partial charge in [0.1, 0.15) is 0 Å². The highest BCUT2D eigenvalue weighted by Crippen LogP contribution is 2.29. The number of carbonyl (C=O) groups excluding carboxylic acids is 1. The summed E-state index contributed by atoms with van der Waals surface area (Å²) >= 11 is 3.29. The largest absolute Gasteiger partial charge is 0.345 e. The van der Waals surface area contributed by atoms with Crippen molar-refractivity contribution in [1.29, 1.82) is 0 Å². The van der Waals surface area contributed by atoms with E-state index in [9.17, 15) is 14.9 Å². The van der Waals surface area contributed by atoms with E-state index in [-0.39, 0.29) is 11.6 Å². The Hall–Kier alpha value is -1.47. The average Bonchev–Trinajstić information content (AvgIpc) is 2.54. The summed E-state index contributed by atoms with van der Waals surface area (Å²) in [6.07, 6.45) is 0.911. The maximum atomic E-state index is 11.8. The smallest absolute Gasteiger partial charge is 0.283 e. The van der Waals surface area contributed by atoms with Crippen molar-refractivity contribution in [3.05, 3.63) is 38.3 Å². The summed E-state index contributed by atoms with van der Waals surface area (Å²) in [6, 6.07) is 4.98. The van der Waals surface area contributed by atoms with Crippen molar-refractivity contribution in [2.75, 3.05) is 26.7 Å². The number of carbonyl (C=O) groups is 1. The second kappa shape index (κ2) is 6.32. The van der Waals surface area contributed by atoms with Crippen LogP contribution < -0.4 is 0 Å². The Kier molecular flexibility index (Phi) is 4.72. The van der Waals surface area contributed by atoms with Gasteiger partial charge >= 0.3 is 0 Å². The molecule has 0 aliphatic carbocycles. The quantitative estimate of drug-likeness (QED) is 0.623. The third kappa shape index (κ3) is 3.34. The fourth-order valence-corrected chi connectivity index (χ4v) is 2.79. The van der Waals surface area contributed by atoms with E-state index in [2.05, 4.69) is 15.9 Å². The summed E-state index contributed by atoms with van der Waals surface area (Å²) < 4.78 is 0.495. The molecule has 20 heavy (non-hydrogen) atoms. The van der Waals surface area contributed by atoms with Crippen LogP contribution >= 0.6 is 15.9 Å². The summed E-state index contributed by atoms with van der Waals surface area (Å²) in [4.78, 5) is 26.1. The Bertz CT molecular complexity index is 536. The number of nitro groups is 1. The molecule has 1 aromatic rings. The minimum atomic E-state index is -0.408. The Morgan fingerprint density at radius 1 is 1.40 bits per heavy atom. The molecule has 1 fully saturated rings. The average molecular weight is 342 g/mol. The van der Waals surface area contributed by atoms with Crippen molar-refractivity contribution < 1.29 is 9.72 Å². The Morgan fingerprint density at radius 3 is 2.85 bits per heavy atom. The molecular formula is C13H16BrN3O3. The number of halogens is 1. The van der Waals surface area contributed by atoms with Gasteiger partial charge in [-0.2, -0.15) is 0 Å². The SMILES string of the molecule is CN1CCCN(Cc2cccc([N+](=O)[O-])c2Br)CC1=O. The molecule has 0 saturated carbocycles. The van der Waals surface area contributed by atoms with Crippen LogP contribution in [0.25, 0.3) is 0 Å². The van der Waals surface area contributed by atoms with Gasteiger partial charge in [-0.05, 0) is 27.9 Å². The number of benzene rings is 1. The van der Waals surface area contributed by atoms with Gasteiger partial charge in [-0.25, -0.2) is 0 Å². The van der Waals surface area contributed by atoms with E-state index in [1.165, 1.54) is 6.07 Å². The molecule has 0 spiro atoms. The maximum absolute atomic E-state index is 11.8. The van der Waals surface area contributed by atoms with Crippen LogP contribution in [0.4, 0.5) is 5.69 Å². The van der Waals surface area contributed by atoms with Crippen LogP contribution in [0.5, 0.6) is 0 Å². The highest BCUT2D eigenvalue weighted by atomic mass is 79.9. The fraction of sp³-hybridized carbons (Fsp3) is 0.462. The summed E-state index contributed by atoms with van der Waals surface area (Å²) in [5.74, 6) is 0.0871. The van der Waals surface area contributed by atoms with Gasteiger partial charge in [0, 0.05) is 32.7 Å². The Labute approximate surface area is 125 Å². The summed E-state index contributed by atoms with van der Waals surface area (Å²) in [5.41, 5.74) is 0.886. The van der Waals surface area contributed by atoms with Gasteiger partial charge in [0.15, 0.2) is 0 Å². The van der Waals surface area contributed by atoms with Crippen LogP contribution in [0.2, 0.25) is 0 Å². The molecule has 2 rings (SSSR count). The molecule has 1 heterocycles. The first kappa shape index (κ1) is 14.9. The van der Waals surface area contributed by atoms with Gasteiger partial charge in [-0.1, -0.05) is 12.1 Å². The highest BCUT2D eigenvalue weighted by Gasteiger charge is 2.21. The summed E-state index contributed by atoms with van der Waals surface area (Å²) in [6.45, 7) is 2.45. The third-order valence-electron chi connectivity index (χ3n) is 3.40. The molecule has 0 atom stereocenters. The monoisotopic (exact) mass is 341 g/mol. The minimum absolute atomic E-state index is 0.0563. The molecule has 0 N–H and O–H groups in total. The molecule has 0 aromatic heterocycles. The normalized spacial score (nSPS) is 17.1. The summed E-state index contributed by atoms with van der Waals surface area (Å²) in [5, 5.41) is 10.9. The lowest BCUT2D eigenvalue weighted by Crippen LogP contribution is -2.34. The zero-order chi connectivity index (χ0) is 14.7. The number of amides is 1. The zero-order valence-electron chi connectivity index (χ0n) is 11.2. The Balaban J connectivity index is 2.15. The third-order valence-corrected chi connectivity index (χ3v) is 4.32. The van der Waals surface area contributed by atoms with Crippen molar-refractivity contribution in [2.45, 2.75) is 13.0 Å². The second-order valence-electron chi connectivity index (χ2n) is 4.89. The number of nitrogens with zero attached hydrogens (tertiary/aromatic N) is 3. The van der Waals surface area contributed by atoms with Gasteiger partial charge in [0.25, 0.3) is 5.69 Å². The van der Waals surface area contributed by atoms with E-state index < -0.39 is 4.92 Å². The summed E-state index contributed by atoms with van der Waals surface area (Å²) in [7, 11) is 1.80. The van der Waals surface area contributed by atoms with Gasteiger partial charge in [-0.15, -0.1) is 0 Å². The predicted octanol–water partition coefficient (Wildman–Crippen LogP) is 2.02. The lowest BCUT2D eigenvalue weighted by Gasteiger charge is -2.19. The number of rotatable bonds is 3. The van der Waals surface area contributed by atoms with Crippen LogP contribution in [-0.4, -0.2) is 47.3 Å². The molecule has 0 radical (unpaired) electrons. The first-order valence-corrected chi connectivity index (χ1v) is 7.16. The number of hydrogen-bond donors (Lipinski definition) is 0. The van der Waals surface area contributed by atoms with E-state index in [1.54, 1.807) is 18.0 Å². The van der Waals surface area contributed by atoms with Crippen molar-refractivity contribution in [3.8, 4) is 0 Å². The molecular weight excluding hydrogens is 326 g/mol. The minimum Gasteiger partial charge on any atom is -0.345 e. The van der Waals surface area contributed by atoms with Crippen LogP contribution in [0.3, 0.4) is 0 Å². The van der Waals surface area contributed by atoms with E-state index >= 15 is 0 Å². The molecule has 0 unspecified atom stereocenters. The van der Waals surface area contributed by atoms with Gasteiger partial charge in [-0.3, -0.25) is 19.8 Å². The molecule has 1 aromatic carbocycles. The van der Waals surface area contributed by atoms with Gasteiger partial charge in [0.05, 0.1) is 15.9 Å². The van der Waals surface area contributed by atoms with Crippen molar-refractivity contribution in [1.82, 2.24) is 9.80 Å². The van der Waals surface area contributed by atoms with Crippen LogP contribution in [0.1, 0.15) is 12.0 Å². The van der Waals surface area contributed by atoms with E-state index in [0.717, 1.165) is 25.1 Å². The molecule has 108 valence electrons. The van der Waals surface area contributed by atoms with Crippen LogP contribution in [0, 0.1) is 10.1 Å². The van der Waals surface area contributed by atoms with E-state index in [1.807, 2.05) is 11.0 Å². The second-order valence-corrected chi connectivity index (χ2v) is 5.68. The van der Waals surface area contributed by atoms with Gasteiger partial charge in [0.2, 0.25) is 5.91 Å².